The zero-order valence-corrected chi connectivity index (χ0v) is 13.8. The number of hydrogen-bond acceptors (Lipinski definition) is 4. The predicted octanol–water partition coefficient (Wildman–Crippen LogP) is 2.60. The third-order valence-corrected chi connectivity index (χ3v) is 4.94. The van der Waals surface area contributed by atoms with E-state index in [1.54, 1.807) is 30.3 Å². The van der Waals surface area contributed by atoms with Gasteiger partial charge in [-0.1, -0.05) is 35.9 Å². The summed E-state index contributed by atoms with van der Waals surface area (Å²) in [4.78, 5) is 0. The lowest BCUT2D eigenvalue weighted by Gasteiger charge is -2.26. The largest absolute Gasteiger partial charge is 0.486 e. The molecule has 0 bridgehead atoms. The second-order valence-electron chi connectivity index (χ2n) is 5.23. The minimum atomic E-state index is -3.45. The average molecular weight is 354 g/mol. The highest BCUT2D eigenvalue weighted by Crippen LogP contribution is 2.30. The maximum Gasteiger partial charge on any atom is 0.215 e. The Morgan fingerprint density at radius 2 is 1.78 bits per heavy atom. The van der Waals surface area contributed by atoms with Crippen LogP contribution in [0, 0.1) is 0 Å². The van der Waals surface area contributed by atoms with Gasteiger partial charge in [0.05, 0.1) is 12.3 Å². The number of para-hydroxylation sites is 2. The fourth-order valence-electron chi connectivity index (χ4n) is 2.23. The minimum absolute atomic E-state index is 0.103. The highest BCUT2D eigenvalue weighted by atomic mass is 35.5. The molecule has 1 aliphatic rings. The molecule has 7 heteroatoms. The summed E-state index contributed by atoms with van der Waals surface area (Å²) in [6.07, 6.45) is -0.357. The molecule has 0 fully saturated rings. The molecule has 0 aliphatic carbocycles. The Bertz CT molecular complexity index is 777. The molecule has 0 aromatic heterocycles. The van der Waals surface area contributed by atoms with Crippen molar-refractivity contribution < 1.29 is 17.9 Å². The van der Waals surface area contributed by atoms with Crippen molar-refractivity contribution in [3.8, 4) is 11.5 Å². The van der Waals surface area contributed by atoms with Crippen molar-refractivity contribution in [3.05, 3.63) is 59.1 Å². The topological polar surface area (TPSA) is 64.6 Å². The highest BCUT2D eigenvalue weighted by molar-refractivity contribution is 7.88. The van der Waals surface area contributed by atoms with Crippen LogP contribution in [0.5, 0.6) is 11.5 Å². The van der Waals surface area contributed by atoms with E-state index in [1.165, 1.54) is 0 Å². The first-order valence-electron chi connectivity index (χ1n) is 7.12. The van der Waals surface area contributed by atoms with Crippen LogP contribution in [0.2, 0.25) is 5.02 Å². The standard InChI is InChI=1S/C16H16ClNO4S/c17-13-7-5-12(6-8-13)11-23(19,20)18-9-14-10-21-15-3-1-2-4-16(15)22-14/h1-8,14,18H,9-11H2. The van der Waals surface area contributed by atoms with Gasteiger partial charge in [0.15, 0.2) is 11.5 Å². The molecule has 1 unspecified atom stereocenters. The molecular formula is C16H16ClNO4S. The van der Waals surface area contributed by atoms with Gasteiger partial charge in [-0.3, -0.25) is 0 Å². The number of fused-ring (bicyclic) bond motifs is 1. The summed E-state index contributed by atoms with van der Waals surface area (Å²) < 4.78 is 38.1. The number of hydrogen-bond donors (Lipinski definition) is 1. The Balaban J connectivity index is 1.56. The Morgan fingerprint density at radius 3 is 2.52 bits per heavy atom. The molecule has 2 aromatic rings. The Labute approximate surface area is 140 Å². The first-order chi connectivity index (χ1) is 11.0. The van der Waals surface area contributed by atoms with Crippen molar-refractivity contribution >= 4 is 21.6 Å². The Hall–Kier alpha value is -1.76. The summed E-state index contributed by atoms with van der Waals surface area (Å²) in [5, 5.41) is 0.575. The van der Waals surface area contributed by atoms with Crippen molar-refractivity contribution in [2.75, 3.05) is 13.2 Å². The monoisotopic (exact) mass is 353 g/mol. The molecule has 23 heavy (non-hydrogen) atoms. The molecular weight excluding hydrogens is 338 g/mol. The molecule has 1 atom stereocenters. The van der Waals surface area contributed by atoms with E-state index in [1.807, 2.05) is 18.2 Å². The molecule has 2 aromatic carbocycles. The zero-order valence-electron chi connectivity index (χ0n) is 12.2. The summed E-state index contributed by atoms with van der Waals surface area (Å²) in [7, 11) is -3.45. The molecule has 0 spiro atoms. The molecule has 1 N–H and O–H groups in total. The lowest BCUT2D eigenvalue weighted by molar-refractivity contribution is 0.0943. The van der Waals surface area contributed by atoms with Crippen LogP contribution in [-0.2, 0) is 15.8 Å². The van der Waals surface area contributed by atoms with Crippen LogP contribution in [0.3, 0.4) is 0 Å². The van der Waals surface area contributed by atoms with Crippen molar-refractivity contribution in [2.24, 2.45) is 0 Å². The van der Waals surface area contributed by atoms with Gasteiger partial charge in [0.25, 0.3) is 0 Å². The van der Waals surface area contributed by atoms with E-state index in [9.17, 15) is 8.42 Å². The van der Waals surface area contributed by atoms with Gasteiger partial charge in [0.1, 0.15) is 12.7 Å². The molecule has 1 aliphatic heterocycles. The Morgan fingerprint density at radius 1 is 1.09 bits per heavy atom. The Kier molecular flexibility index (Phi) is 4.75. The minimum Gasteiger partial charge on any atom is -0.486 e. The molecule has 0 saturated heterocycles. The second-order valence-corrected chi connectivity index (χ2v) is 7.47. The molecule has 3 rings (SSSR count). The number of sulfonamides is 1. The molecule has 122 valence electrons. The van der Waals surface area contributed by atoms with Crippen molar-refractivity contribution in [3.63, 3.8) is 0 Å². The summed E-state index contributed by atoms with van der Waals surface area (Å²) in [6, 6.07) is 14.0. The number of ether oxygens (including phenoxy) is 2. The molecule has 0 amide bonds. The highest BCUT2D eigenvalue weighted by Gasteiger charge is 2.22. The van der Waals surface area contributed by atoms with E-state index < -0.39 is 10.0 Å². The fourth-order valence-corrected chi connectivity index (χ4v) is 3.53. The van der Waals surface area contributed by atoms with E-state index in [-0.39, 0.29) is 18.4 Å². The quantitative estimate of drug-likeness (QED) is 0.897. The van der Waals surface area contributed by atoms with Crippen LogP contribution in [0.15, 0.2) is 48.5 Å². The third kappa shape index (κ3) is 4.37. The van der Waals surface area contributed by atoms with Crippen LogP contribution >= 0.6 is 11.6 Å². The predicted molar refractivity (Wildman–Crippen MR) is 88.4 cm³/mol. The molecule has 0 radical (unpaired) electrons. The number of nitrogens with one attached hydrogen (secondary N) is 1. The van der Waals surface area contributed by atoms with Gasteiger partial charge in [-0.15, -0.1) is 0 Å². The summed E-state index contributed by atoms with van der Waals surface area (Å²) in [6.45, 7) is 0.463. The van der Waals surface area contributed by atoms with Crippen molar-refractivity contribution in [1.82, 2.24) is 4.72 Å². The van der Waals surface area contributed by atoms with Crippen LogP contribution in [-0.4, -0.2) is 27.7 Å². The van der Waals surface area contributed by atoms with Crippen LogP contribution in [0.1, 0.15) is 5.56 Å². The van der Waals surface area contributed by atoms with E-state index >= 15 is 0 Å². The normalized spacial score (nSPS) is 17.0. The van der Waals surface area contributed by atoms with E-state index in [2.05, 4.69) is 4.72 Å². The van der Waals surface area contributed by atoms with Crippen LogP contribution in [0.4, 0.5) is 0 Å². The van der Waals surface area contributed by atoms with E-state index in [0.717, 1.165) is 0 Å². The molecule has 5 nitrogen and oxygen atoms in total. The van der Waals surface area contributed by atoms with Gasteiger partial charge >= 0.3 is 0 Å². The van der Waals surface area contributed by atoms with Crippen molar-refractivity contribution in [2.45, 2.75) is 11.9 Å². The third-order valence-electron chi connectivity index (χ3n) is 3.37. The first-order valence-corrected chi connectivity index (χ1v) is 9.15. The summed E-state index contributed by atoms with van der Waals surface area (Å²) in [5.41, 5.74) is 0.674. The fraction of sp³-hybridized carbons (Fsp3) is 0.250. The SMILES string of the molecule is O=S(=O)(Cc1ccc(Cl)cc1)NCC1COc2ccccc2O1. The maximum atomic E-state index is 12.1. The first kappa shape index (κ1) is 16.1. The van der Waals surface area contributed by atoms with Gasteiger partial charge < -0.3 is 9.47 Å². The van der Waals surface area contributed by atoms with Crippen molar-refractivity contribution in [1.29, 1.82) is 0 Å². The van der Waals surface area contributed by atoms with Crippen LogP contribution in [0.25, 0.3) is 0 Å². The van der Waals surface area contributed by atoms with E-state index in [4.69, 9.17) is 21.1 Å². The van der Waals surface area contributed by atoms with Gasteiger partial charge in [-0.25, -0.2) is 13.1 Å². The second kappa shape index (κ2) is 6.78. The lowest BCUT2D eigenvalue weighted by Crippen LogP contribution is -2.41. The van der Waals surface area contributed by atoms with Gasteiger partial charge in [0.2, 0.25) is 10.0 Å². The zero-order chi connectivity index (χ0) is 16.3. The van der Waals surface area contributed by atoms with Gasteiger partial charge in [0, 0.05) is 5.02 Å². The van der Waals surface area contributed by atoms with Gasteiger partial charge in [-0.2, -0.15) is 0 Å². The van der Waals surface area contributed by atoms with Gasteiger partial charge in [-0.05, 0) is 29.8 Å². The summed E-state index contributed by atoms with van der Waals surface area (Å²) >= 11 is 5.79. The maximum absolute atomic E-state index is 12.1. The number of rotatable bonds is 5. The smallest absolute Gasteiger partial charge is 0.215 e. The molecule has 1 heterocycles. The number of benzene rings is 2. The summed E-state index contributed by atoms with van der Waals surface area (Å²) in [5.74, 6) is 1.20. The van der Waals surface area contributed by atoms with E-state index in [0.29, 0.717) is 28.7 Å². The number of halogens is 1. The molecule has 0 saturated carbocycles. The lowest BCUT2D eigenvalue weighted by atomic mass is 10.2. The van der Waals surface area contributed by atoms with Crippen LogP contribution < -0.4 is 14.2 Å². The average Bonchev–Trinajstić information content (AvgIpc) is 2.55.